The van der Waals surface area contributed by atoms with Gasteiger partial charge in [-0.05, 0) is 24.3 Å². The van der Waals surface area contributed by atoms with E-state index in [9.17, 15) is 9.59 Å². The van der Waals surface area contributed by atoms with Crippen molar-refractivity contribution in [3.8, 4) is 5.75 Å². The van der Waals surface area contributed by atoms with Gasteiger partial charge in [0.15, 0.2) is 0 Å². The molecule has 1 saturated heterocycles. The van der Waals surface area contributed by atoms with Crippen LogP contribution in [0.1, 0.15) is 0 Å². The van der Waals surface area contributed by atoms with Crippen molar-refractivity contribution in [2.24, 2.45) is 0 Å². The van der Waals surface area contributed by atoms with Crippen molar-refractivity contribution < 1.29 is 14.3 Å². The van der Waals surface area contributed by atoms with E-state index < -0.39 is 11.8 Å². The van der Waals surface area contributed by atoms with Crippen LogP contribution in [0.5, 0.6) is 5.75 Å². The Morgan fingerprint density at radius 3 is 2.52 bits per heavy atom. The number of hydrogen-bond donors (Lipinski definition) is 1. The molecule has 2 amide bonds. The Kier molecular flexibility index (Phi) is 5.13. The number of carbonyl (C=O) groups excluding carboxylic acids is 2. The second-order valence-electron chi connectivity index (χ2n) is 5.65. The van der Waals surface area contributed by atoms with E-state index in [1.165, 1.54) is 6.20 Å². The van der Waals surface area contributed by atoms with Crippen LogP contribution in [0, 0.1) is 0 Å². The predicted octanol–water partition coefficient (Wildman–Crippen LogP) is 1.38. The highest BCUT2D eigenvalue weighted by Gasteiger charge is 2.27. The fourth-order valence-corrected chi connectivity index (χ4v) is 2.81. The van der Waals surface area contributed by atoms with Gasteiger partial charge in [-0.15, -0.1) is 0 Å². The number of carbonyl (C=O) groups is 2. The van der Waals surface area contributed by atoms with E-state index >= 15 is 0 Å². The molecule has 0 aliphatic carbocycles. The molecule has 1 aromatic heterocycles. The first-order valence-corrected chi connectivity index (χ1v) is 8.07. The monoisotopic (exact) mass is 340 g/mol. The summed E-state index contributed by atoms with van der Waals surface area (Å²) in [5.41, 5.74) is 1.51. The minimum atomic E-state index is -0.640. The molecule has 2 aromatic rings. The van der Waals surface area contributed by atoms with Crippen molar-refractivity contribution in [1.29, 1.82) is 0 Å². The van der Waals surface area contributed by atoms with Crippen LogP contribution in [0.4, 0.5) is 11.4 Å². The van der Waals surface area contributed by atoms with E-state index in [0.29, 0.717) is 31.9 Å². The zero-order valence-electron chi connectivity index (χ0n) is 14.0. The molecule has 25 heavy (non-hydrogen) atoms. The molecule has 1 N–H and O–H groups in total. The van der Waals surface area contributed by atoms with Crippen LogP contribution in [0.15, 0.2) is 48.8 Å². The third-order valence-corrected chi connectivity index (χ3v) is 4.11. The van der Waals surface area contributed by atoms with Crippen LogP contribution in [-0.4, -0.2) is 55.0 Å². The molecule has 2 heterocycles. The summed E-state index contributed by atoms with van der Waals surface area (Å²) in [6.45, 7) is 2.26. The second-order valence-corrected chi connectivity index (χ2v) is 5.65. The Labute approximate surface area is 146 Å². The molecule has 1 aromatic carbocycles. The Morgan fingerprint density at radius 2 is 1.84 bits per heavy atom. The van der Waals surface area contributed by atoms with Gasteiger partial charge >= 0.3 is 11.8 Å². The number of aromatic nitrogens is 1. The van der Waals surface area contributed by atoms with E-state index in [1.54, 1.807) is 30.3 Å². The van der Waals surface area contributed by atoms with E-state index in [-0.39, 0.29) is 0 Å². The summed E-state index contributed by atoms with van der Waals surface area (Å²) in [5.74, 6) is -0.362. The molecular weight excluding hydrogens is 320 g/mol. The van der Waals surface area contributed by atoms with Gasteiger partial charge in [0.1, 0.15) is 5.75 Å². The molecule has 1 aliphatic rings. The fourth-order valence-electron chi connectivity index (χ4n) is 2.81. The third kappa shape index (κ3) is 3.88. The number of amides is 2. The Morgan fingerprint density at radius 1 is 1.08 bits per heavy atom. The molecule has 1 aliphatic heterocycles. The number of ether oxygens (including phenoxy) is 1. The molecule has 0 radical (unpaired) electrons. The minimum Gasteiger partial charge on any atom is -0.495 e. The van der Waals surface area contributed by atoms with Gasteiger partial charge in [0.2, 0.25) is 0 Å². The Bertz CT molecular complexity index is 743. The fraction of sp³-hybridized carbons (Fsp3) is 0.278. The third-order valence-electron chi connectivity index (χ3n) is 4.11. The number of methoxy groups -OCH3 is 1. The van der Waals surface area contributed by atoms with Crippen molar-refractivity contribution in [3.05, 3.63) is 48.8 Å². The molecule has 0 spiro atoms. The summed E-state index contributed by atoms with van der Waals surface area (Å²) >= 11 is 0. The highest BCUT2D eigenvalue weighted by Crippen LogP contribution is 2.28. The van der Waals surface area contributed by atoms with Gasteiger partial charge in [0.25, 0.3) is 0 Å². The molecule has 0 unspecified atom stereocenters. The lowest BCUT2D eigenvalue weighted by atomic mass is 10.2. The maximum absolute atomic E-state index is 12.3. The van der Waals surface area contributed by atoms with Gasteiger partial charge in [0, 0.05) is 32.4 Å². The number of nitrogens with one attached hydrogen (secondary N) is 1. The summed E-state index contributed by atoms with van der Waals surface area (Å²) in [6, 6.07) is 11.2. The Balaban J connectivity index is 1.58. The van der Waals surface area contributed by atoms with Gasteiger partial charge in [-0.2, -0.15) is 0 Å². The van der Waals surface area contributed by atoms with E-state index in [2.05, 4.69) is 15.2 Å². The quantitative estimate of drug-likeness (QED) is 0.855. The standard InChI is InChI=1S/C18H20N4O3/c1-25-16-7-3-2-6-15(16)21-9-11-22(12-10-21)18(24)17(23)20-14-5-4-8-19-13-14/h2-8,13H,9-12H2,1H3,(H,20,23). The molecule has 3 rings (SSSR count). The predicted molar refractivity (Wildman–Crippen MR) is 94.7 cm³/mol. The second kappa shape index (κ2) is 7.65. The van der Waals surface area contributed by atoms with Crippen LogP contribution < -0.4 is 15.0 Å². The number of rotatable bonds is 3. The van der Waals surface area contributed by atoms with Crippen molar-refractivity contribution in [3.63, 3.8) is 0 Å². The number of pyridine rings is 1. The average molecular weight is 340 g/mol. The first-order valence-electron chi connectivity index (χ1n) is 8.07. The van der Waals surface area contributed by atoms with Crippen molar-refractivity contribution in [2.75, 3.05) is 43.5 Å². The van der Waals surface area contributed by atoms with E-state index in [0.717, 1.165) is 11.4 Å². The first kappa shape index (κ1) is 16.8. The number of benzene rings is 1. The van der Waals surface area contributed by atoms with Gasteiger partial charge in [-0.3, -0.25) is 14.6 Å². The zero-order valence-corrected chi connectivity index (χ0v) is 14.0. The summed E-state index contributed by atoms with van der Waals surface area (Å²) in [6.07, 6.45) is 3.11. The molecule has 0 saturated carbocycles. The maximum Gasteiger partial charge on any atom is 0.313 e. The largest absolute Gasteiger partial charge is 0.495 e. The summed E-state index contributed by atoms with van der Waals surface area (Å²) in [7, 11) is 1.64. The lowest BCUT2D eigenvalue weighted by Gasteiger charge is -2.36. The topological polar surface area (TPSA) is 74.8 Å². The number of hydrogen-bond acceptors (Lipinski definition) is 5. The number of nitrogens with zero attached hydrogens (tertiary/aromatic N) is 3. The lowest BCUT2D eigenvalue weighted by molar-refractivity contribution is -0.143. The summed E-state index contributed by atoms with van der Waals surface area (Å²) < 4.78 is 5.39. The first-order chi connectivity index (χ1) is 12.2. The van der Waals surface area contributed by atoms with Crippen LogP contribution in [0.3, 0.4) is 0 Å². The normalized spacial score (nSPS) is 14.1. The van der Waals surface area contributed by atoms with Crippen molar-refractivity contribution in [2.45, 2.75) is 0 Å². The highest BCUT2D eigenvalue weighted by molar-refractivity contribution is 6.39. The minimum absolute atomic E-state index is 0.483. The zero-order chi connectivity index (χ0) is 17.6. The maximum atomic E-state index is 12.3. The summed E-state index contributed by atoms with van der Waals surface area (Å²) in [5, 5.41) is 2.57. The van der Waals surface area contributed by atoms with Crippen molar-refractivity contribution >= 4 is 23.2 Å². The molecule has 1 fully saturated rings. The van der Waals surface area contributed by atoms with Crippen LogP contribution in [-0.2, 0) is 9.59 Å². The van der Waals surface area contributed by atoms with Gasteiger partial charge in [-0.25, -0.2) is 0 Å². The summed E-state index contributed by atoms with van der Waals surface area (Å²) in [4.78, 5) is 32.1. The molecule has 130 valence electrons. The van der Waals surface area contributed by atoms with Crippen LogP contribution in [0.25, 0.3) is 0 Å². The molecule has 0 atom stereocenters. The SMILES string of the molecule is COc1ccccc1N1CCN(C(=O)C(=O)Nc2cccnc2)CC1. The smallest absolute Gasteiger partial charge is 0.313 e. The van der Waals surface area contributed by atoms with Crippen LogP contribution in [0.2, 0.25) is 0 Å². The molecule has 7 nitrogen and oxygen atoms in total. The number of para-hydroxylation sites is 2. The molecular formula is C18H20N4O3. The molecule has 7 heteroatoms. The highest BCUT2D eigenvalue weighted by atomic mass is 16.5. The average Bonchev–Trinajstić information content (AvgIpc) is 2.68. The van der Waals surface area contributed by atoms with Gasteiger partial charge < -0.3 is 19.9 Å². The van der Waals surface area contributed by atoms with Gasteiger partial charge in [0.05, 0.1) is 24.7 Å². The van der Waals surface area contributed by atoms with Crippen molar-refractivity contribution in [1.82, 2.24) is 9.88 Å². The molecule has 0 bridgehead atoms. The number of anilines is 2. The lowest BCUT2D eigenvalue weighted by Crippen LogP contribution is -2.51. The van der Waals surface area contributed by atoms with E-state index in [4.69, 9.17) is 4.74 Å². The van der Waals surface area contributed by atoms with Crippen LogP contribution >= 0.6 is 0 Å². The van der Waals surface area contributed by atoms with E-state index in [1.807, 2.05) is 24.3 Å². The Hall–Kier alpha value is -3.09. The number of piperazine rings is 1. The van der Waals surface area contributed by atoms with Gasteiger partial charge in [-0.1, -0.05) is 12.1 Å².